The predicted octanol–water partition coefficient (Wildman–Crippen LogP) is 0.178. The molecule has 72 valence electrons. The Morgan fingerprint density at radius 3 is 2.58 bits per heavy atom. The van der Waals surface area contributed by atoms with Gasteiger partial charge in [0.2, 0.25) is 0 Å². The van der Waals surface area contributed by atoms with Crippen molar-refractivity contribution in [3.63, 3.8) is 0 Å². The summed E-state index contributed by atoms with van der Waals surface area (Å²) in [4.78, 5) is 10.5. The van der Waals surface area contributed by atoms with Gasteiger partial charge in [-0.15, -0.1) is 0 Å². The molecule has 0 aromatic rings. The number of rotatable bonds is 7. The number of carbonyl (C=O) groups is 1. The van der Waals surface area contributed by atoms with E-state index in [9.17, 15) is 4.79 Å². The van der Waals surface area contributed by atoms with Crippen molar-refractivity contribution in [1.82, 2.24) is 5.32 Å². The minimum atomic E-state index is -0.773. The lowest BCUT2D eigenvalue weighted by molar-refractivity contribution is -0.139. The van der Waals surface area contributed by atoms with Gasteiger partial charge in [0, 0.05) is 0 Å². The van der Waals surface area contributed by atoms with Crippen molar-refractivity contribution in [3.8, 4) is 0 Å². The Kier molecular flexibility index (Phi) is 6.70. The van der Waals surface area contributed by atoms with Crippen LogP contribution in [-0.2, 0) is 4.79 Å². The van der Waals surface area contributed by atoms with Gasteiger partial charge in [-0.05, 0) is 26.4 Å². The highest BCUT2D eigenvalue weighted by molar-refractivity contribution is 5.73. The quantitative estimate of drug-likeness (QED) is 0.481. The normalized spacial score (nSPS) is 12.8. The number of nitrogens with one attached hydrogen (secondary N) is 1. The maximum absolute atomic E-state index is 10.5. The monoisotopic (exact) mass is 174 g/mol. The molecular weight excluding hydrogens is 156 g/mol. The molecule has 0 saturated carbocycles. The van der Waals surface area contributed by atoms with Gasteiger partial charge in [0.05, 0.1) is 0 Å². The summed E-state index contributed by atoms with van der Waals surface area (Å²) in [6.45, 7) is 0.692. The average Bonchev–Trinajstić information content (AvgIpc) is 2.04. The van der Waals surface area contributed by atoms with Crippen molar-refractivity contribution >= 4 is 5.97 Å². The molecule has 4 nitrogen and oxygen atoms in total. The van der Waals surface area contributed by atoms with E-state index >= 15 is 0 Å². The molecule has 0 fully saturated rings. The molecule has 0 radical (unpaired) electrons. The van der Waals surface area contributed by atoms with Gasteiger partial charge < -0.3 is 16.2 Å². The van der Waals surface area contributed by atoms with Crippen LogP contribution < -0.4 is 11.1 Å². The summed E-state index contributed by atoms with van der Waals surface area (Å²) in [5.74, 6) is -0.773. The molecule has 4 N–H and O–H groups in total. The number of carboxylic acids is 1. The summed E-state index contributed by atoms with van der Waals surface area (Å²) >= 11 is 0. The standard InChI is InChI=1S/C8H18N2O2/c1-10-7(8(11)12)5-3-2-4-6-9/h7,10H,2-6,9H2,1H3,(H,11,12)/t7-/m0/s1. The van der Waals surface area contributed by atoms with E-state index in [1.807, 2.05) is 0 Å². The lowest BCUT2D eigenvalue weighted by Gasteiger charge is -2.09. The Bertz CT molecular complexity index is 128. The Balaban J connectivity index is 3.38. The largest absolute Gasteiger partial charge is 0.480 e. The SMILES string of the molecule is CN[C@@H](CCCCCN)C(=O)O. The van der Waals surface area contributed by atoms with Crippen LogP contribution in [0.1, 0.15) is 25.7 Å². The highest BCUT2D eigenvalue weighted by Gasteiger charge is 2.12. The summed E-state index contributed by atoms with van der Waals surface area (Å²) in [5, 5.41) is 11.4. The first kappa shape index (κ1) is 11.4. The lowest BCUT2D eigenvalue weighted by Crippen LogP contribution is -2.33. The number of hydrogen-bond acceptors (Lipinski definition) is 3. The number of carboxylic acid groups (broad SMARTS) is 1. The average molecular weight is 174 g/mol. The van der Waals surface area contributed by atoms with E-state index in [4.69, 9.17) is 10.8 Å². The van der Waals surface area contributed by atoms with Gasteiger partial charge in [0.25, 0.3) is 0 Å². The molecule has 0 aromatic carbocycles. The number of nitrogens with two attached hydrogens (primary N) is 1. The van der Waals surface area contributed by atoms with Crippen molar-refractivity contribution in [2.45, 2.75) is 31.7 Å². The Hall–Kier alpha value is -0.610. The van der Waals surface area contributed by atoms with Gasteiger partial charge in [0.15, 0.2) is 0 Å². The van der Waals surface area contributed by atoms with Crippen LogP contribution >= 0.6 is 0 Å². The van der Waals surface area contributed by atoms with Crippen LogP contribution in [0.4, 0.5) is 0 Å². The van der Waals surface area contributed by atoms with E-state index in [0.717, 1.165) is 19.3 Å². The fraction of sp³-hybridized carbons (Fsp3) is 0.875. The first-order chi connectivity index (χ1) is 5.72. The molecule has 0 aromatic heterocycles. The molecule has 0 amide bonds. The molecule has 0 spiro atoms. The maximum atomic E-state index is 10.5. The smallest absolute Gasteiger partial charge is 0.320 e. The Labute approximate surface area is 73.1 Å². The highest BCUT2D eigenvalue weighted by atomic mass is 16.4. The third kappa shape index (κ3) is 5.09. The zero-order chi connectivity index (χ0) is 9.40. The van der Waals surface area contributed by atoms with Gasteiger partial charge in [-0.3, -0.25) is 4.79 Å². The van der Waals surface area contributed by atoms with Gasteiger partial charge in [-0.25, -0.2) is 0 Å². The second kappa shape index (κ2) is 7.06. The molecule has 0 rings (SSSR count). The summed E-state index contributed by atoms with van der Waals surface area (Å²) in [6, 6.07) is -0.400. The fourth-order valence-electron chi connectivity index (χ4n) is 1.06. The lowest BCUT2D eigenvalue weighted by atomic mass is 10.1. The first-order valence-electron chi connectivity index (χ1n) is 4.32. The van der Waals surface area contributed by atoms with Crippen molar-refractivity contribution in [2.24, 2.45) is 5.73 Å². The Morgan fingerprint density at radius 1 is 1.50 bits per heavy atom. The molecule has 0 aliphatic rings. The van der Waals surface area contributed by atoms with Crippen LogP contribution in [-0.4, -0.2) is 30.7 Å². The zero-order valence-electron chi connectivity index (χ0n) is 7.55. The third-order valence-corrected chi connectivity index (χ3v) is 1.84. The first-order valence-corrected chi connectivity index (χ1v) is 4.32. The predicted molar refractivity (Wildman–Crippen MR) is 48.0 cm³/mol. The second-order valence-electron chi connectivity index (χ2n) is 2.82. The topological polar surface area (TPSA) is 75.3 Å². The molecule has 0 saturated heterocycles. The number of likely N-dealkylation sites (N-methyl/N-ethyl adjacent to an activating group) is 1. The van der Waals surface area contributed by atoms with Crippen molar-refractivity contribution in [2.75, 3.05) is 13.6 Å². The second-order valence-corrected chi connectivity index (χ2v) is 2.82. The summed E-state index contributed by atoms with van der Waals surface area (Å²) in [5.41, 5.74) is 5.31. The summed E-state index contributed by atoms with van der Waals surface area (Å²) in [6.07, 6.45) is 3.61. The fourth-order valence-corrected chi connectivity index (χ4v) is 1.06. The number of unbranched alkanes of at least 4 members (excludes halogenated alkanes) is 2. The number of aliphatic carboxylic acids is 1. The van der Waals surface area contributed by atoms with Gasteiger partial charge >= 0.3 is 5.97 Å². The van der Waals surface area contributed by atoms with Crippen molar-refractivity contribution in [3.05, 3.63) is 0 Å². The van der Waals surface area contributed by atoms with Gasteiger partial charge in [0.1, 0.15) is 6.04 Å². The van der Waals surface area contributed by atoms with E-state index in [-0.39, 0.29) is 0 Å². The van der Waals surface area contributed by atoms with E-state index < -0.39 is 12.0 Å². The molecule has 0 bridgehead atoms. The third-order valence-electron chi connectivity index (χ3n) is 1.84. The zero-order valence-corrected chi connectivity index (χ0v) is 7.55. The highest BCUT2D eigenvalue weighted by Crippen LogP contribution is 2.02. The van der Waals surface area contributed by atoms with Crippen LogP contribution in [0.5, 0.6) is 0 Å². The molecular formula is C8H18N2O2. The molecule has 0 unspecified atom stereocenters. The van der Waals surface area contributed by atoms with Crippen LogP contribution in [0.2, 0.25) is 0 Å². The van der Waals surface area contributed by atoms with E-state index in [2.05, 4.69) is 5.32 Å². The van der Waals surface area contributed by atoms with E-state index in [1.165, 1.54) is 0 Å². The maximum Gasteiger partial charge on any atom is 0.320 e. The van der Waals surface area contributed by atoms with E-state index in [1.54, 1.807) is 7.05 Å². The van der Waals surface area contributed by atoms with Crippen molar-refractivity contribution in [1.29, 1.82) is 0 Å². The minimum absolute atomic E-state index is 0.400. The van der Waals surface area contributed by atoms with Gasteiger partial charge in [-0.1, -0.05) is 12.8 Å². The molecule has 12 heavy (non-hydrogen) atoms. The van der Waals surface area contributed by atoms with Crippen LogP contribution in [0.25, 0.3) is 0 Å². The molecule has 0 aliphatic heterocycles. The van der Waals surface area contributed by atoms with Gasteiger partial charge in [-0.2, -0.15) is 0 Å². The number of hydrogen-bond donors (Lipinski definition) is 3. The Morgan fingerprint density at radius 2 is 2.17 bits per heavy atom. The molecule has 0 aliphatic carbocycles. The summed E-state index contributed by atoms with van der Waals surface area (Å²) < 4.78 is 0. The van der Waals surface area contributed by atoms with Crippen LogP contribution in [0.3, 0.4) is 0 Å². The van der Waals surface area contributed by atoms with Crippen molar-refractivity contribution < 1.29 is 9.90 Å². The van der Waals surface area contributed by atoms with Crippen LogP contribution in [0, 0.1) is 0 Å². The molecule has 4 heteroatoms. The molecule has 1 atom stereocenters. The summed E-state index contributed by atoms with van der Waals surface area (Å²) in [7, 11) is 1.67. The molecule has 0 heterocycles. The van der Waals surface area contributed by atoms with Crippen LogP contribution in [0.15, 0.2) is 0 Å². The van der Waals surface area contributed by atoms with E-state index in [0.29, 0.717) is 13.0 Å². The minimum Gasteiger partial charge on any atom is -0.480 e.